The second kappa shape index (κ2) is 7.79. The van der Waals surface area contributed by atoms with E-state index in [4.69, 9.17) is 46.4 Å². The number of carbonyl (C=O) groups excluding carboxylic acids is 1. The minimum absolute atomic E-state index is 0.0424. The minimum Gasteiger partial charge on any atom is -0.369 e. The van der Waals surface area contributed by atoms with E-state index < -0.39 is 6.04 Å². The normalized spacial score (nSPS) is 20.1. The highest BCUT2D eigenvalue weighted by molar-refractivity contribution is 6.35. The standard InChI is InChI=1S/C19H16Cl4N2O/c1-9-17(10(2)26)18(13-5-3-11(20)7-15(13)22)25-19(24-9)14-6-4-12(21)8-16(14)23/h3-8,18-19,24-25H,1-2H3/t18-,19+/m0/s1. The maximum absolute atomic E-state index is 12.3. The fourth-order valence-corrected chi connectivity index (χ4v) is 4.19. The van der Waals surface area contributed by atoms with Crippen molar-refractivity contribution in [1.29, 1.82) is 0 Å². The van der Waals surface area contributed by atoms with Gasteiger partial charge in [-0.1, -0.05) is 58.5 Å². The van der Waals surface area contributed by atoms with E-state index in [1.165, 1.54) is 6.92 Å². The summed E-state index contributed by atoms with van der Waals surface area (Å²) in [4.78, 5) is 12.3. The topological polar surface area (TPSA) is 41.1 Å². The van der Waals surface area contributed by atoms with Crippen molar-refractivity contribution >= 4 is 52.2 Å². The summed E-state index contributed by atoms with van der Waals surface area (Å²) in [6, 6.07) is 10.2. The molecule has 26 heavy (non-hydrogen) atoms. The van der Waals surface area contributed by atoms with Gasteiger partial charge in [0.15, 0.2) is 5.78 Å². The molecule has 3 rings (SSSR count). The number of carbonyl (C=O) groups is 1. The second-order valence-electron chi connectivity index (χ2n) is 6.10. The Balaban J connectivity index is 2.08. The Morgan fingerprint density at radius 3 is 1.96 bits per heavy atom. The maximum Gasteiger partial charge on any atom is 0.159 e. The summed E-state index contributed by atoms with van der Waals surface area (Å²) >= 11 is 24.8. The molecule has 0 bridgehead atoms. The van der Waals surface area contributed by atoms with Crippen molar-refractivity contribution < 1.29 is 4.79 Å². The summed E-state index contributed by atoms with van der Waals surface area (Å²) in [5, 5.41) is 8.85. The first-order valence-corrected chi connectivity index (χ1v) is 9.43. The van der Waals surface area contributed by atoms with Crippen LogP contribution in [0.15, 0.2) is 47.7 Å². The van der Waals surface area contributed by atoms with Crippen LogP contribution >= 0.6 is 46.4 Å². The third kappa shape index (κ3) is 3.88. The number of Topliss-reactive ketones (excluding diaryl/α,β-unsaturated/α-hetero) is 1. The van der Waals surface area contributed by atoms with Crippen LogP contribution in [-0.4, -0.2) is 5.78 Å². The molecule has 0 fully saturated rings. The number of rotatable bonds is 3. The van der Waals surface area contributed by atoms with Gasteiger partial charge < -0.3 is 5.32 Å². The first kappa shape index (κ1) is 19.5. The lowest BCUT2D eigenvalue weighted by molar-refractivity contribution is -0.114. The average Bonchev–Trinajstić information content (AvgIpc) is 2.53. The summed E-state index contributed by atoms with van der Waals surface area (Å²) in [7, 11) is 0. The molecule has 0 saturated heterocycles. The van der Waals surface area contributed by atoms with Gasteiger partial charge in [0, 0.05) is 36.9 Å². The van der Waals surface area contributed by atoms with E-state index in [1.807, 2.05) is 19.1 Å². The number of benzene rings is 2. The molecule has 2 N–H and O–H groups in total. The average molecular weight is 430 g/mol. The predicted octanol–water partition coefficient (Wildman–Crippen LogP) is 6.10. The number of ketones is 1. The Kier molecular flexibility index (Phi) is 5.85. The fourth-order valence-electron chi connectivity index (χ4n) is 3.15. The van der Waals surface area contributed by atoms with Crippen LogP contribution in [0.5, 0.6) is 0 Å². The van der Waals surface area contributed by atoms with Crippen LogP contribution in [0.3, 0.4) is 0 Å². The highest BCUT2D eigenvalue weighted by Gasteiger charge is 2.32. The highest BCUT2D eigenvalue weighted by Crippen LogP contribution is 2.37. The van der Waals surface area contributed by atoms with Gasteiger partial charge in [-0.25, -0.2) is 0 Å². The predicted molar refractivity (Wildman–Crippen MR) is 108 cm³/mol. The van der Waals surface area contributed by atoms with Gasteiger partial charge in [0.05, 0.1) is 6.04 Å². The van der Waals surface area contributed by atoms with Gasteiger partial charge >= 0.3 is 0 Å². The molecular weight excluding hydrogens is 414 g/mol. The molecule has 0 aliphatic carbocycles. The fraction of sp³-hybridized carbons (Fsp3) is 0.211. The number of allylic oxidation sites excluding steroid dienone is 1. The van der Waals surface area contributed by atoms with Crippen LogP contribution in [0.1, 0.15) is 37.2 Å². The summed E-state index contributed by atoms with van der Waals surface area (Å²) in [5.74, 6) is -0.0424. The molecule has 7 heteroatoms. The molecule has 3 nitrogen and oxygen atoms in total. The SMILES string of the molecule is CC(=O)C1=C(C)N[C@@H](c2ccc(Cl)cc2Cl)N[C@H]1c1ccc(Cl)cc1Cl. The lowest BCUT2D eigenvalue weighted by Gasteiger charge is -2.36. The summed E-state index contributed by atoms with van der Waals surface area (Å²) in [6.07, 6.45) is -0.306. The van der Waals surface area contributed by atoms with Gasteiger partial charge in [-0.2, -0.15) is 0 Å². The molecule has 136 valence electrons. The third-order valence-corrected chi connectivity index (χ3v) is 5.44. The molecule has 0 aromatic heterocycles. The van der Waals surface area contributed by atoms with Crippen LogP contribution in [0.25, 0.3) is 0 Å². The van der Waals surface area contributed by atoms with E-state index in [1.54, 1.807) is 24.3 Å². The zero-order chi connectivity index (χ0) is 19.0. The van der Waals surface area contributed by atoms with Crippen LogP contribution in [0, 0.1) is 0 Å². The molecule has 1 aliphatic rings. The van der Waals surface area contributed by atoms with Crippen molar-refractivity contribution in [3.63, 3.8) is 0 Å². The summed E-state index contributed by atoms with van der Waals surface area (Å²) in [5.41, 5.74) is 2.99. The first-order chi connectivity index (χ1) is 12.3. The summed E-state index contributed by atoms with van der Waals surface area (Å²) in [6.45, 7) is 3.40. The van der Waals surface area contributed by atoms with Crippen molar-refractivity contribution in [2.24, 2.45) is 0 Å². The number of halogens is 4. The third-order valence-electron chi connectivity index (χ3n) is 4.31. The minimum atomic E-state index is -0.393. The van der Waals surface area contributed by atoms with Crippen LogP contribution in [0.4, 0.5) is 0 Å². The zero-order valence-electron chi connectivity index (χ0n) is 14.0. The zero-order valence-corrected chi connectivity index (χ0v) is 17.1. The quantitative estimate of drug-likeness (QED) is 0.619. The van der Waals surface area contributed by atoms with Gasteiger partial charge in [0.1, 0.15) is 6.17 Å². The van der Waals surface area contributed by atoms with Gasteiger partial charge in [-0.15, -0.1) is 0 Å². The number of hydrogen-bond donors (Lipinski definition) is 2. The monoisotopic (exact) mass is 428 g/mol. The molecule has 0 spiro atoms. The summed E-state index contributed by atoms with van der Waals surface area (Å²) < 4.78 is 0. The van der Waals surface area contributed by atoms with Gasteiger partial charge in [-0.05, 0) is 43.7 Å². The van der Waals surface area contributed by atoms with Crippen LogP contribution in [-0.2, 0) is 4.79 Å². The molecule has 0 radical (unpaired) electrons. The molecule has 2 aromatic rings. The molecule has 0 unspecified atom stereocenters. The van der Waals surface area contributed by atoms with Crippen molar-refractivity contribution in [2.75, 3.05) is 0 Å². The molecule has 2 aromatic carbocycles. The van der Waals surface area contributed by atoms with Crippen molar-refractivity contribution in [1.82, 2.24) is 10.6 Å². The van der Waals surface area contributed by atoms with Crippen molar-refractivity contribution in [3.8, 4) is 0 Å². The number of hydrogen-bond acceptors (Lipinski definition) is 3. The molecule has 0 amide bonds. The Morgan fingerprint density at radius 1 is 0.923 bits per heavy atom. The van der Waals surface area contributed by atoms with Crippen LogP contribution < -0.4 is 10.6 Å². The Labute approximate surface area is 172 Å². The Morgan fingerprint density at radius 2 is 1.46 bits per heavy atom. The van der Waals surface area contributed by atoms with E-state index in [0.717, 1.165) is 16.8 Å². The molecule has 2 atom stereocenters. The van der Waals surface area contributed by atoms with E-state index >= 15 is 0 Å². The van der Waals surface area contributed by atoms with E-state index in [0.29, 0.717) is 25.7 Å². The lowest BCUT2D eigenvalue weighted by Crippen LogP contribution is -2.43. The van der Waals surface area contributed by atoms with E-state index in [2.05, 4.69) is 10.6 Å². The Hall–Kier alpha value is -1.23. The lowest BCUT2D eigenvalue weighted by atomic mass is 9.91. The van der Waals surface area contributed by atoms with Gasteiger partial charge in [-0.3, -0.25) is 10.1 Å². The van der Waals surface area contributed by atoms with Crippen molar-refractivity contribution in [3.05, 3.63) is 78.9 Å². The van der Waals surface area contributed by atoms with E-state index in [9.17, 15) is 4.79 Å². The number of nitrogens with one attached hydrogen (secondary N) is 2. The molecular formula is C19H16Cl4N2O. The Bertz CT molecular complexity index is 910. The van der Waals surface area contributed by atoms with Crippen LogP contribution in [0.2, 0.25) is 20.1 Å². The first-order valence-electron chi connectivity index (χ1n) is 7.92. The molecule has 1 aliphatic heterocycles. The van der Waals surface area contributed by atoms with Crippen molar-refractivity contribution in [2.45, 2.75) is 26.1 Å². The van der Waals surface area contributed by atoms with E-state index in [-0.39, 0.29) is 11.9 Å². The molecule has 1 heterocycles. The van der Waals surface area contributed by atoms with Gasteiger partial charge in [0.2, 0.25) is 0 Å². The smallest absolute Gasteiger partial charge is 0.159 e. The molecule has 0 saturated carbocycles. The van der Waals surface area contributed by atoms with Gasteiger partial charge in [0.25, 0.3) is 0 Å². The largest absolute Gasteiger partial charge is 0.369 e. The maximum atomic E-state index is 12.3. The highest BCUT2D eigenvalue weighted by atomic mass is 35.5. The second-order valence-corrected chi connectivity index (χ2v) is 7.79.